The summed E-state index contributed by atoms with van der Waals surface area (Å²) in [5.41, 5.74) is 0.419. The lowest BCUT2D eigenvalue weighted by atomic mass is 9.76. The Morgan fingerprint density at radius 1 is 0.917 bits per heavy atom. The molecular formula is C19H25F3O2. The molecule has 0 atom stereocenters. The van der Waals surface area contributed by atoms with Crippen LogP contribution in [0.5, 0.6) is 0 Å². The molecule has 1 aromatic rings. The lowest BCUT2D eigenvalue weighted by molar-refractivity contribution is -0.212. The molecule has 0 unspecified atom stereocenters. The highest BCUT2D eigenvalue weighted by Crippen LogP contribution is 2.35. The fourth-order valence-corrected chi connectivity index (χ4v) is 3.79. The van der Waals surface area contributed by atoms with Gasteiger partial charge in [-0.3, -0.25) is 0 Å². The summed E-state index contributed by atoms with van der Waals surface area (Å²) in [6.45, 7) is 3.69. The molecule has 0 radical (unpaired) electrons. The summed E-state index contributed by atoms with van der Waals surface area (Å²) in [5.74, 6) is -1.76. The third-order valence-corrected chi connectivity index (χ3v) is 5.43. The minimum atomic E-state index is -1.42. The van der Waals surface area contributed by atoms with Gasteiger partial charge in [0.2, 0.25) is 0 Å². The zero-order valence-electron chi connectivity index (χ0n) is 14.1. The van der Waals surface area contributed by atoms with Crippen molar-refractivity contribution in [2.75, 3.05) is 13.2 Å². The normalized spacial score (nSPS) is 31.2. The van der Waals surface area contributed by atoms with E-state index in [0.717, 1.165) is 18.1 Å². The molecule has 1 aliphatic carbocycles. The molecule has 1 saturated heterocycles. The number of hydrogen-bond acceptors (Lipinski definition) is 2. The molecule has 134 valence electrons. The SMILES string of the molecule is CC1CCC(C2COC(CCc3cc(F)c(F)c(F)c3)OC2)CC1. The molecule has 1 saturated carbocycles. The van der Waals surface area contributed by atoms with E-state index >= 15 is 0 Å². The predicted molar refractivity (Wildman–Crippen MR) is 84.9 cm³/mol. The molecule has 2 fully saturated rings. The first-order chi connectivity index (χ1) is 11.5. The topological polar surface area (TPSA) is 18.5 Å². The first-order valence-electron chi connectivity index (χ1n) is 8.89. The fourth-order valence-electron chi connectivity index (χ4n) is 3.79. The maximum absolute atomic E-state index is 13.2. The number of benzene rings is 1. The summed E-state index contributed by atoms with van der Waals surface area (Å²) in [6, 6.07) is 2.07. The number of hydrogen-bond donors (Lipinski definition) is 0. The van der Waals surface area contributed by atoms with Crippen molar-refractivity contribution in [2.45, 2.75) is 51.7 Å². The predicted octanol–water partition coefficient (Wildman–Crippen LogP) is 4.85. The van der Waals surface area contributed by atoms with Crippen molar-refractivity contribution in [3.05, 3.63) is 35.1 Å². The van der Waals surface area contributed by atoms with Crippen molar-refractivity contribution in [3.63, 3.8) is 0 Å². The van der Waals surface area contributed by atoms with Crippen LogP contribution in [0.2, 0.25) is 0 Å². The van der Waals surface area contributed by atoms with Gasteiger partial charge in [0.1, 0.15) is 0 Å². The summed E-state index contributed by atoms with van der Waals surface area (Å²) in [6.07, 6.45) is 5.62. The Kier molecular flexibility index (Phi) is 5.82. The van der Waals surface area contributed by atoms with Gasteiger partial charge in [-0.05, 0) is 48.8 Å². The maximum Gasteiger partial charge on any atom is 0.194 e. The molecule has 2 aliphatic rings. The molecule has 2 nitrogen and oxygen atoms in total. The van der Waals surface area contributed by atoms with Gasteiger partial charge in [-0.2, -0.15) is 0 Å². The largest absolute Gasteiger partial charge is 0.352 e. The van der Waals surface area contributed by atoms with Crippen LogP contribution in [0, 0.1) is 35.2 Å². The van der Waals surface area contributed by atoms with Crippen molar-refractivity contribution >= 4 is 0 Å². The molecule has 1 aliphatic heterocycles. The van der Waals surface area contributed by atoms with Crippen LogP contribution in [0.4, 0.5) is 13.2 Å². The van der Waals surface area contributed by atoms with Crippen LogP contribution in [-0.4, -0.2) is 19.5 Å². The van der Waals surface area contributed by atoms with Crippen molar-refractivity contribution in [3.8, 4) is 0 Å². The van der Waals surface area contributed by atoms with Crippen molar-refractivity contribution in [2.24, 2.45) is 17.8 Å². The van der Waals surface area contributed by atoms with Crippen LogP contribution in [0.15, 0.2) is 12.1 Å². The Morgan fingerprint density at radius 3 is 2.08 bits per heavy atom. The lowest BCUT2D eigenvalue weighted by Gasteiger charge is -2.37. The summed E-state index contributed by atoms with van der Waals surface area (Å²) in [7, 11) is 0. The van der Waals surface area contributed by atoms with Crippen LogP contribution < -0.4 is 0 Å². The Balaban J connectivity index is 1.44. The van der Waals surface area contributed by atoms with Gasteiger partial charge in [0.25, 0.3) is 0 Å². The maximum atomic E-state index is 13.2. The Labute approximate surface area is 141 Å². The lowest BCUT2D eigenvalue weighted by Crippen LogP contribution is -2.37. The highest BCUT2D eigenvalue weighted by molar-refractivity contribution is 5.19. The summed E-state index contributed by atoms with van der Waals surface area (Å²) in [4.78, 5) is 0. The molecule has 0 amide bonds. The van der Waals surface area contributed by atoms with E-state index in [1.165, 1.54) is 25.7 Å². The highest BCUT2D eigenvalue weighted by atomic mass is 19.2. The van der Waals surface area contributed by atoms with Gasteiger partial charge in [0, 0.05) is 12.3 Å². The van der Waals surface area contributed by atoms with Gasteiger partial charge in [0.05, 0.1) is 13.2 Å². The van der Waals surface area contributed by atoms with Gasteiger partial charge in [-0.15, -0.1) is 0 Å². The van der Waals surface area contributed by atoms with Gasteiger partial charge >= 0.3 is 0 Å². The Morgan fingerprint density at radius 2 is 1.50 bits per heavy atom. The van der Waals surface area contributed by atoms with E-state index in [1.807, 2.05) is 0 Å². The fraction of sp³-hybridized carbons (Fsp3) is 0.684. The number of ether oxygens (including phenoxy) is 2. The molecule has 1 aromatic carbocycles. The van der Waals surface area contributed by atoms with Crippen molar-refractivity contribution in [1.82, 2.24) is 0 Å². The quantitative estimate of drug-likeness (QED) is 0.728. The van der Waals surface area contributed by atoms with E-state index in [-0.39, 0.29) is 6.29 Å². The van der Waals surface area contributed by atoms with E-state index in [2.05, 4.69) is 6.92 Å². The zero-order valence-corrected chi connectivity index (χ0v) is 14.1. The average Bonchev–Trinajstić information content (AvgIpc) is 2.59. The second-order valence-corrected chi connectivity index (χ2v) is 7.29. The van der Waals surface area contributed by atoms with Crippen molar-refractivity contribution in [1.29, 1.82) is 0 Å². The van der Waals surface area contributed by atoms with Crippen LogP contribution in [0.1, 0.15) is 44.6 Å². The molecular weight excluding hydrogens is 317 g/mol. The van der Waals surface area contributed by atoms with E-state index in [4.69, 9.17) is 9.47 Å². The second kappa shape index (κ2) is 7.87. The summed E-state index contributed by atoms with van der Waals surface area (Å²) >= 11 is 0. The minimum absolute atomic E-state index is 0.347. The first kappa shape index (κ1) is 17.7. The van der Waals surface area contributed by atoms with Crippen LogP contribution in [0.25, 0.3) is 0 Å². The van der Waals surface area contributed by atoms with Crippen LogP contribution >= 0.6 is 0 Å². The Bertz CT molecular complexity index is 525. The second-order valence-electron chi connectivity index (χ2n) is 7.29. The molecule has 24 heavy (non-hydrogen) atoms. The monoisotopic (exact) mass is 342 g/mol. The smallest absolute Gasteiger partial charge is 0.194 e. The highest BCUT2D eigenvalue weighted by Gasteiger charge is 2.31. The average molecular weight is 342 g/mol. The molecule has 0 aromatic heterocycles. The third kappa shape index (κ3) is 4.31. The standard InChI is InChI=1S/C19H25F3O2/c1-12-2-5-14(6-3-12)15-10-23-18(24-11-15)7-4-13-8-16(20)19(22)17(21)9-13/h8-9,12,14-15,18H,2-7,10-11H2,1H3. The van der Waals surface area contributed by atoms with Crippen LogP contribution in [-0.2, 0) is 15.9 Å². The molecule has 5 heteroatoms. The van der Waals surface area contributed by atoms with Gasteiger partial charge < -0.3 is 9.47 Å². The number of aryl methyl sites for hydroxylation is 1. The first-order valence-corrected chi connectivity index (χ1v) is 8.89. The van der Waals surface area contributed by atoms with E-state index in [1.54, 1.807) is 0 Å². The number of rotatable bonds is 4. The van der Waals surface area contributed by atoms with E-state index < -0.39 is 17.5 Å². The molecule has 1 heterocycles. The van der Waals surface area contributed by atoms with E-state index in [9.17, 15) is 13.2 Å². The minimum Gasteiger partial charge on any atom is -0.352 e. The van der Waals surface area contributed by atoms with E-state index in [0.29, 0.717) is 43.5 Å². The van der Waals surface area contributed by atoms with Gasteiger partial charge in [-0.1, -0.05) is 19.8 Å². The molecule has 3 rings (SSSR count). The molecule has 0 N–H and O–H groups in total. The zero-order chi connectivity index (χ0) is 17.1. The third-order valence-electron chi connectivity index (χ3n) is 5.43. The van der Waals surface area contributed by atoms with Crippen molar-refractivity contribution < 1.29 is 22.6 Å². The Hall–Kier alpha value is -1.07. The van der Waals surface area contributed by atoms with Crippen LogP contribution in [0.3, 0.4) is 0 Å². The van der Waals surface area contributed by atoms with Gasteiger partial charge in [-0.25, -0.2) is 13.2 Å². The summed E-state index contributed by atoms with van der Waals surface area (Å²) in [5, 5.41) is 0. The number of halogens is 3. The molecule has 0 bridgehead atoms. The summed E-state index contributed by atoms with van der Waals surface area (Å²) < 4.78 is 51.0. The molecule has 0 spiro atoms. The van der Waals surface area contributed by atoms with Gasteiger partial charge in [0.15, 0.2) is 23.7 Å².